The van der Waals surface area contributed by atoms with Gasteiger partial charge in [0.2, 0.25) is 0 Å². The number of nitrogens with zero attached hydrogens (tertiary/aromatic N) is 1. The fourth-order valence-electron chi connectivity index (χ4n) is 3.08. The van der Waals surface area contributed by atoms with Crippen molar-refractivity contribution in [2.75, 3.05) is 11.4 Å². The Balaban J connectivity index is 1.37. The van der Waals surface area contributed by atoms with Crippen molar-refractivity contribution in [3.05, 3.63) is 84.4 Å². The highest BCUT2D eigenvalue weighted by Crippen LogP contribution is 2.47. The van der Waals surface area contributed by atoms with Gasteiger partial charge in [0.05, 0.1) is 11.4 Å². The summed E-state index contributed by atoms with van der Waals surface area (Å²) >= 11 is 6.96. The van der Waals surface area contributed by atoms with Crippen LogP contribution in [0.25, 0.3) is 0 Å². The maximum absolute atomic E-state index is 12.6. The first-order valence-electron chi connectivity index (χ1n) is 9.21. The van der Waals surface area contributed by atoms with Gasteiger partial charge in [-0.2, -0.15) is 0 Å². The van der Waals surface area contributed by atoms with Crippen LogP contribution >= 0.6 is 24.0 Å². The number of benzene rings is 3. The first-order chi connectivity index (χ1) is 14.2. The SMILES string of the molecule is O=C(CN1c2ccccc2Sc2ccccc21)NNC(=S)NCc1ccccc1. The van der Waals surface area contributed by atoms with E-state index in [-0.39, 0.29) is 12.5 Å². The summed E-state index contributed by atoms with van der Waals surface area (Å²) in [5.74, 6) is -0.176. The maximum Gasteiger partial charge on any atom is 0.258 e. The van der Waals surface area contributed by atoms with Crippen LogP contribution in [0.15, 0.2) is 88.7 Å². The lowest BCUT2D eigenvalue weighted by Crippen LogP contribution is -2.49. The van der Waals surface area contributed by atoms with E-state index in [4.69, 9.17) is 12.2 Å². The van der Waals surface area contributed by atoms with E-state index in [1.54, 1.807) is 11.8 Å². The van der Waals surface area contributed by atoms with E-state index in [0.29, 0.717) is 11.7 Å². The summed E-state index contributed by atoms with van der Waals surface area (Å²) in [4.78, 5) is 16.9. The first kappa shape index (κ1) is 19.3. The summed E-state index contributed by atoms with van der Waals surface area (Å²) in [6.45, 7) is 0.773. The van der Waals surface area contributed by atoms with E-state index in [1.807, 2.05) is 71.6 Å². The predicted octanol–water partition coefficient (Wildman–Crippen LogP) is 3.98. The molecule has 3 aromatic carbocycles. The van der Waals surface area contributed by atoms with Gasteiger partial charge >= 0.3 is 0 Å². The monoisotopic (exact) mass is 420 g/mol. The molecule has 0 radical (unpaired) electrons. The Morgan fingerprint density at radius 3 is 2.07 bits per heavy atom. The van der Waals surface area contributed by atoms with Crippen LogP contribution in [0.5, 0.6) is 0 Å². The molecule has 146 valence electrons. The number of anilines is 2. The van der Waals surface area contributed by atoms with Crippen molar-refractivity contribution >= 4 is 46.4 Å². The number of thiocarbonyl (C=S) groups is 1. The molecule has 5 nitrogen and oxygen atoms in total. The van der Waals surface area contributed by atoms with E-state index >= 15 is 0 Å². The minimum Gasteiger partial charge on any atom is -0.357 e. The van der Waals surface area contributed by atoms with E-state index in [9.17, 15) is 4.79 Å². The van der Waals surface area contributed by atoms with Crippen LogP contribution in [0.3, 0.4) is 0 Å². The molecule has 29 heavy (non-hydrogen) atoms. The number of para-hydroxylation sites is 2. The lowest BCUT2D eigenvalue weighted by atomic mass is 10.2. The van der Waals surface area contributed by atoms with Gasteiger partial charge in [0.15, 0.2) is 5.11 Å². The van der Waals surface area contributed by atoms with Gasteiger partial charge in [-0.25, -0.2) is 0 Å². The fraction of sp³-hybridized carbons (Fsp3) is 0.0909. The minimum absolute atomic E-state index is 0.176. The summed E-state index contributed by atoms with van der Waals surface area (Å²) < 4.78 is 0. The van der Waals surface area contributed by atoms with Crippen LogP contribution in [0.4, 0.5) is 11.4 Å². The van der Waals surface area contributed by atoms with Gasteiger partial charge in [0.25, 0.3) is 5.91 Å². The highest BCUT2D eigenvalue weighted by Gasteiger charge is 2.24. The standard InChI is InChI=1S/C22H20N4OS2/c27-21(24-25-22(28)23-14-16-8-2-1-3-9-16)15-26-17-10-4-6-12-19(17)29-20-13-7-5-11-18(20)26/h1-13H,14-15H2,(H,24,27)(H2,23,25,28). The molecule has 1 heterocycles. The average molecular weight is 421 g/mol. The average Bonchev–Trinajstić information content (AvgIpc) is 2.77. The molecule has 0 saturated heterocycles. The number of hydrogen-bond donors (Lipinski definition) is 3. The van der Waals surface area contributed by atoms with Crippen LogP contribution in [0.1, 0.15) is 5.56 Å². The van der Waals surface area contributed by atoms with Gasteiger partial charge < -0.3 is 10.2 Å². The molecule has 1 aliphatic rings. The van der Waals surface area contributed by atoms with Crippen LogP contribution in [0, 0.1) is 0 Å². The minimum atomic E-state index is -0.176. The Morgan fingerprint density at radius 1 is 0.828 bits per heavy atom. The van der Waals surface area contributed by atoms with Crippen molar-refractivity contribution in [1.29, 1.82) is 0 Å². The van der Waals surface area contributed by atoms with Gasteiger partial charge in [-0.3, -0.25) is 15.6 Å². The Labute approximate surface area is 179 Å². The normalized spacial score (nSPS) is 11.8. The van der Waals surface area contributed by atoms with E-state index in [1.165, 1.54) is 0 Å². The number of hydrogen-bond acceptors (Lipinski definition) is 4. The number of carbonyl (C=O) groups is 1. The number of carbonyl (C=O) groups excluding carboxylic acids is 1. The highest BCUT2D eigenvalue weighted by atomic mass is 32.2. The summed E-state index contributed by atoms with van der Waals surface area (Å²) in [7, 11) is 0. The quantitative estimate of drug-likeness (QED) is 0.438. The summed E-state index contributed by atoms with van der Waals surface area (Å²) in [6.07, 6.45) is 0. The van der Waals surface area contributed by atoms with Crippen molar-refractivity contribution in [2.45, 2.75) is 16.3 Å². The molecule has 0 atom stereocenters. The maximum atomic E-state index is 12.6. The molecule has 3 N–H and O–H groups in total. The number of rotatable bonds is 4. The second-order valence-corrected chi connectivity index (χ2v) is 7.96. The van der Waals surface area contributed by atoms with Crippen molar-refractivity contribution in [2.24, 2.45) is 0 Å². The van der Waals surface area contributed by atoms with Crippen molar-refractivity contribution in [1.82, 2.24) is 16.2 Å². The molecule has 0 fully saturated rings. The zero-order chi connectivity index (χ0) is 20.1. The lowest BCUT2D eigenvalue weighted by Gasteiger charge is -2.32. The van der Waals surface area contributed by atoms with Crippen LogP contribution < -0.4 is 21.1 Å². The molecule has 0 spiro atoms. The van der Waals surface area contributed by atoms with Crippen molar-refractivity contribution in [3.63, 3.8) is 0 Å². The van der Waals surface area contributed by atoms with Gasteiger partial charge in [0, 0.05) is 16.3 Å². The van der Waals surface area contributed by atoms with Gasteiger partial charge in [0.1, 0.15) is 6.54 Å². The largest absolute Gasteiger partial charge is 0.357 e. The summed E-state index contributed by atoms with van der Waals surface area (Å²) in [5, 5.41) is 3.45. The Kier molecular flexibility index (Phi) is 5.97. The molecule has 3 aromatic rings. The summed E-state index contributed by atoms with van der Waals surface area (Å²) in [5.41, 5.74) is 8.63. The molecule has 1 amide bonds. The molecule has 0 aliphatic carbocycles. The second kappa shape index (κ2) is 8.98. The predicted molar refractivity (Wildman–Crippen MR) is 121 cm³/mol. The molecule has 4 rings (SSSR count). The zero-order valence-corrected chi connectivity index (χ0v) is 17.2. The fourth-order valence-corrected chi connectivity index (χ4v) is 4.30. The topological polar surface area (TPSA) is 56.4 Å². The lowest BCUT2D eigenvalue weighted by molar-refractivity contribution is -0.120. The third kappa shape index (κ3) is 4.70. The van der Waals surface area contributed by atoms with Gasteiger partial charge in [-0.1, -0.05) is 66.4 Å². The number of hydrazine groups is 1. The molecule has 7 heteroatoms. The highest BCUT2D eigenvalue weighted by molar-refractivity contribution is 7.99. The van der Waals surface area contributed by atoms with E-state index in [2.05, 4.69) is 28.3 Å². The molecule has 0 unspecified atom stereocenters. The van der Waals surface area contributed by atoms with E-state index < -0.39 is 0 Å². The number of amides is 1. The van der Waals surface area contributed by atoms with Crippen LogP contribution in [-0.2, 0) is 11.3 Å². The Bertz CT molecular complexity index is 981. The number of nitrogens with one attached hydrogen (secondary N) is 3. The smallest absolute Gasteiger partial charge is 0.258 e. The Hall–Kier alpha value is -3.03. The summed E-state index contributed by atoms with van der Waals surface area (Å²) in [6, 6.07) is 26.1. The van der Waals surface area contributed by atoms with Gasteiger partial charge in [-0.15, -0.1) is 0 Å². The van der Waals surface area contributed by atoms with Gasteiger partial charge in [-0.05, 0) is 42.0 Å². The zero-order valence-electron chi connectivity index (χ0n) is 15.6. The molecule has 1 aliphatic heterocycles. The van der Waals surface area contributed by atoms with E-state index in [0.717, 1.165) is 26.7 Å². The van der Waals surface area contributed by atoms with Crippen LogP contribution in [0.2, 0.25) is 0 Å². The number of fused-ring (bicyclic) bond motifs is 2. The molecule has 0 saturated carbocycles. The molecule has 0 bridgehead atoms. The van der Waals surface area contributed by atoms with Crippen LogP contribution in [-0.4, -0.2) is 17.6 Å². The molecular weight excluding hydrogens is 400 g/mol. The van der Waals surface area contributed by atoms with Crippen molar-refractivity contribution in [3.8, 4) is 0 Å². The van der Waals surface area contributed by atoms with Crippen molar-refractivity contribution < 1.29 is 4.79 Å². The molecule has 0 aromatic heterocycles. The third-order valence-electron chi connectivity index (χ3n) is 4.45. The molecular formula is C22H20N4OS2. The second-order valence-electron chi connectivity index (χ2n) is 6.47. The first-order valence-corrected chi connectivity index (χ1v) is 10.4. The Morgan fingerprint density at radius 2 is 1.41 bits per heavy atom. The third-order valence-corrected chi connectivity index (χ3v) is 5.82.